The second-order valence-corrected chi connectivity index (χ2v) is 9.51. The number of benzene rings is 2. The van der Waals surface area contributed by atoms with Crippen LogP contribution in [0.15, 0.2) is 48.5 Å². The van der Waals surface area contributed by atoms with E-state index in [2.05, 4.69) is 22.3 Å². The molecule has 1 amide bonds. The van der Waals surface area contributed by atoms with Crippen molar-refractivity contribution in [1.29, 1.82) is 0 Å². The molecule has 0 bridgehead atoms. The van der Waals surface area contributed by atoms with Gasteiger partial charge < -0.3 is 19.9 Å². The number of carbonyl (C=O) groups is 1. The second kappa shape index (κ2) is 12.0. The number of carbonyl (C=O) groups excluding carboxylic acids is 1. The molecule has 1 aliphatic heterocycles. The van der Waals surface area contributed by atoms with E-state index < -0.39 is 22.7 Å². The fourth-order valence-corrected chi connectivity index (χ4v) is 4.98. The minimum absolute atomic E-state index is 0.0169. The molecule has 2 fully saturated rings. The molecule has 2 aromatic rings. The number of amides is 1. The van der Waals surface area contributed by atoms with Gasteiger partial charge in [0.1, 0.15) is 12.3 Å². The Bertz CT molecular complexity index is 1030. The maximum absolute atomic E-state index is 13.3. The molecule has 37 heavy (non-hydrogen) atoms. The van der Waals surface area contributed by atoms with Crippen molar-refractivity contribution in [3.8, 4) is 0 Å². The average Bonchev–Trinajstić information content (AvgIpc) is 3.14. The van der Waals surface area contributed by atoms with Gasteiger partial charge in [-0.2, -0.15) is 13.2 Å². The van der Waals surface area contributed by atoms with Crippen LogP contribution in [0, 0.1) is 0 Å². The normalized spacial score (nSPS) is 20.9. The van der Waals surface area contributed by atoms with Crippen molar-refractivity contribution in [2.45, 2.75) is 50.4 Å². The zero-order chi connectivity index (χ0) is 26.4. The van der Waals surface area contributed by atoms with E-state index in [4.69, 9.17) is 15.2 Å². The Balaban J connectivity index is 1.21. The monoisotopic (exact) mass is 522 g/mol. The molecular weight excluding hydrogens is 489 g/mol. The first-order valence-corrected chi connectivity index (χ1v) is 12.6. The molecule has 3 N–H and O–H groups in total. The Morgan fingerprint density at radius 1 is 1.00 bits per heavy atom. The zero-order valence-corrected chi connectivity index (χ0v) is 20.5. The molecule has 1 saturated carbocycles. The van der Waals surface area contributed by atoms with Crippen LogP contribution in [0.25, 0.3) is 0 Å². The van der Waals surface area contributed by atoms with E-state index in [0.717, 1.165) is 37.3 Å². The molecule has 0 unspecified atom stereocenters. The van der Waals surface area contributed by atoms with Gasteiger partial charge in [-0.25, -0.2) is 0 Å². The van der Waals surface area contributed by atoms with Gasteiger partial charge in [0.15, 0.2) is 0 Å². The maximum Gasteiger partial charge on any atom is 0.418 e. The summed E-state index contributed by atoms with van der Waals surface area (Å²) >= 11 is 0. The van der Waals surface area contributed by atoms with Gasteiger partial charge >= 0.3 is 6.18 Å². The van der Waals surface area contributed by atoms with E-state index in [1.807, 2.05) is 23.1 Å². The fraction of sp³-hybridized carbons (Fsp3) is 0.500. The summed E-state index contributed by atoms with van der Waals surface area (Å²) in [4.78, 5) is 16.9. The number of ether oxygens (including phenoxy) is 1. The van der Waals surface area contributed by atoms with Crippen LogP contribution in [0.3, 0.4) is 0 Å². The van der Waals surface area contributed by atoms with Gasteiger partial charge in [0.2, 0.25) is 5.91 Å². The van der Waals surface area contributed by atoms with Crippen LogP contribution in [0.4, 0.5) is 30.2 Å². The quantitative estimate of drug-likeness (QED) is 0.452. The fourth-order valence-electron chi connectivity index (χ4n) is 4.98. The first-order chi connectivity index (χ1) is 17.7. The van der Waals surface area contributed by atoms with Crippen LogP contribution < -0.4 is 15.4 Å². The lowest BCUT2D eigenvalue weighted by molar-refractivity contribution is -0.139. The highest BCUT2D eigenvalue weighted by Gasteiger charge is 2.35. The van der Waals surface area contributed by atoms with Gasteiger partial charge in [0.25, 0.3) is 0 Å². The summed E-state index contributed by atoms with van der Waals surface area (Å²) in [7, 11) is 0. The number of hydrogen-bond donors (Lipinski definition) is 3. The predicted molar refractivity (Wildman–Crippen MR) is 133 cm³/mol. The lowest BCUT2D eigenvalue weighted by Gasteiger charge is -2.30. The molecule has 1 aliphatic carbocycles. The number of nitrogens with zero attached hydrogens (tertiary/aromatic N) is 3. The zero-order valence-electron chi connectivity index (χ0n) is 20.5. The molecule has 2 aromatic carbocycles. The van der Waals surface area contributed by atoms with Crippen LogP contribution in [0.5, 0.6) is 0 Å². The number of halogens is 3. The molecule has 1 saturated heterocycles. The molecule has 0 radical (unpaired) electrons. The second-order valence-electron chi connectivity index (χ2n) is 9.51. The molecule has 0 atom stereocenters. The number of anilines is 3. The third kappa shape index (κ3) is 7.27. The van der Waals surface area contributed by atoms with Gasteiger partial charge in [-0.1, -0.05) is 18.2 Å². The predicted octanol–water partition coefficient (Wildman–Crippen LogP) is 4.77. The van der Waals surface area contributed by atoms with Crippen LogP contribution in [0.1, 0.15) is 37.7 Å². The minimum Gasteiger partial charge on any atom is -0.382 e. The van der Waals surface area contributed by atoms with Crippen molar-refractivity contribution in [2.24, 2.45) is 0 Å². The Hall–Kier alpha value is -3.02. The highest BCUT2D eigenvalue weighted by atomic mass is 19.4. The lowest BCUT2D eigenvalue weighted by Crippen LogP contribution is -2.39. The molecule has 0 aromatic heterocycles. The van der Waals surface area contributed by atoms with Crippen molar-refractivity contribution in [3.63, 3.8) is 0 Å². The van der Waals surface area contributed by atoms with E-state index >= 15 is 0 Å². The summed E-state index contributed by atoms with van der Waals surface area (Å²) in [5.41, 5.74) is -0.466. The summed E-state index contributed by atoms with van der Waals surface area (Å²) in [5.74, 6) is -0.0169. The Morgan fingerprint density at radius 3 is 2.41 bits per heavy atom. The van der Waals surface area contributed by atoms with E-state index in [1.165, 1.54) is 6.07 Å². The molecule has 1 heterocycles. The topological polar surface area (TPSA) is 88.5 Å². The summed E-state index contributed by atoms with van der Waals surface area (Å²) in [5, 5.41) is 20.7. The van der Waals surface area contributed by atoms with Gasteiger partial charge in [-0.15, -0.1) is 5.23 Å². The molecule has 4 rings (SSSR count). The van der Waals surface area contributed by atoms with Crippen LogP contribution in [-0.4, -0.2) is 66.2 Å². The van der Waals surface area contributed by atoms with Gasteiger partial charge in [0.05, 0.1) is 11.7 Å². The Labute approximate surface area is 214 Å². The minimum atomic E-state index is -4.73. The molecule has 2 aliphatic rings. The third-order valence-electron chi connectivity index (χ3n) is 6.97. The van der Waals surface area contributed by atoms with Crippen molar-refractivity contribution >= 4 is 23.0 Å². The average molecular weight is 523 g/mol. The lowest BCUT2D eigenvalue weighted by atomic mass is 9.92. The van der Waals surface area contributed by atoms with E-state index in [0.29, 0.717) is 38.8 Å². The summed E-state index contributed by atoms with van der Waals surface area (Å²) in [6, 6.07) is 13.4. The number of nitrogens with one attached hydrogen (secondary N) is 1. The maximum atomic E-state index is 13.3. The summed E-state index contributed by atoms with van der Waals surface area (Å²) in [6.45, 7) is 3.06. The van der Waals surface area contributed by atoms with E-state index in [9.17, 15) is 18.0 Å². The van der Waals surface area contributed by atoms with Gasteiger partial charge in [-0.05, 0) is 62.4 Å². The highest BCUT2D eigenvalue weighted by Crippen LogP contribution is 2.38. The summed E-state index contributed by atoms with van der Waals surface area (Å²) < 4.78 is 45.8. The van der Waals surface area contributed by atoms with Crippen LogP contribution in [-0.2, 0) is 15.7 Å². The molecular formula is C26H33F3N4O4. The van der Waals surface area contributed by atoms with Crippen molar-refractivity contribution in [3.05, 3.63) is 54.1 Å². The molecule has 202 valence electrons. The van der Waals surface area contributed by atoms with E-state index in [-0.39, 0.29) is 30.3 Å². The number of hydrogen-bond acceptors (Lipinski definition) is 7. The third-order valence-corrected chi connectivity index (χ3v) is 6.97. The Morgan fingerprint density at radius 2 is 1.73 bits per heavy atom. The molecule has 8 nitrogen and oxygen atoms in total. The Kier molecular flexibility index (Phi) is 8.78. The van der Waals surface area contributed by atoms with Crippen molar-refractivity contribution in [2.75, 3.05) is 48.2 Å². The van der Waals surface area contributed by atoms with Crippen LogP contribution in [0.2, 0.25) is 0 Å². The van der Waals surface area contributed by atoms with Crippen molar-refractivity contribution in [1.82, 2.24) is 4.90 Å². The summed E-state index contributed by atoms with van der Waals surface area (Å²) in [6.07, 6.45) is -1.16. The first-order valence-electron chi connectivity index (χ1n) is 12.6. The number of alkyl halides is 3. The van der Waals surface area contributed by atoms with E-state index in [1.54, 1.807) is 0 Å². The number of rotatable bonds is 7. The number of para-hydroxylation sites is 1. The molecule has 11 heteroatoms. The van der Waals surface area contributed by atoms with Crippen molar-refractivity contribution < 1.29 is 33.1 Å². The standard InChI is InChI=1S/C26H33F3N4O4/c27-26(28,29)23-17-20(9-12-24(23)33(35)36)30-19-7-10-22(11-8-19)37-18-25(34)32-14-4-13-31(15-16-32)21-5-2-1-3-6-21/h1-3,5-6,9,12,17,19,22,30,35-36H,4,7-8,10-11,13-16,18H2. The molecule has 0 spiro atoms. The SMILES string of the molecule is O=C(COC1CCC(Nc2ccc(N(O)O)c(C(F)(F)F)c2)CC1)N1CCCN(c2ccccc2)CC1. The smallest absolute Gasteiger partial charge is 0.382 e. The van der Waals surface area contributed by atoms with Crippen LogP contribution >= 0.6 is 0 Å². The first kappa shape index (κ1) is 27.0. The van der Waals surface area contributed by atoms with Gasteiger partial charge in [0, 0.05) is 43.6 Å². The van der Waals surface area contributed by atoms with Gasteiger partial charge in [-0.3, -0.25) is 15.2 Å². The highest BCUT2D eigenvalue weighted by molar-refractivity contribution is 5.77. The largest absolute Gasteiger partial charge is 0.418 e.